The maximum atomic E-state index is 13.6. The molecule has 0 spiro atoms. The highest BCUT2D eigenvalue weighted by Gasteiger charge is 2.29. The molecular weight excluding hydrogens is 361 g/mol. The van der Waals surface area contributed by atoms with Crippen LogP contribution in [0.1, 0.15) is 35.3 Å². The number of carbonyl (C=O) groups excluding carboxylic acids is 2. The van der Waals surface area contributed by atoms with E-state index in [1.165, 1.54) is 31.5 Å². The smallest absolute Gasteiger partial charge is 0.409 e. The maximum Gasteiger partial charge on any atom is 0.415 e. The first kappa shape index (κ1) is 19.9. The molecule has 1 aromatic heterocycles. The lowest BCUT2D eigenvalue weighted by Crippen LogP contribution is -2.54. The van der Waals surface area contributed by atoms with E-state index in [1.54, 1.807) is 11.0 Å². The zero-order chi connectivity index (χ0) is 20.3. The van der Waals surface area contributed by atoms with Crippen LogP contribution >= 0.6 is 0 Å². The van der Waals surface area contributed by atoms with Crippen LogP contribution in [0.3, 0.4) is 0 Å². The number of carbonyl (C=O) groups is 2. The van der Waals surface area contributed by atoms with Crippen molar-refractivity contribution in [2.75, 3.05) is 19.6 Å². The number of aromatic nitrogens is 1. The van der Waals surface area contributed by atoms with Crippen LogP contribution in [-0.4, -0.2) is 52.3 Å². The van der Waals surface area contributed by atoms with Gasteiger partial charge >= 0.3 is 6.09 Å². The summed E-state index contributed by atoms with van der Waals surface area (Å²) in [5, 5.41) is 0. The number of Topliss-reactive ketones (excluding diaryl/α,β-unsaturated/α-hetero) is 1. The Morgan fingerprint density at radius 3 is 2.68 bits per heavy atom. The lowest BCUT2D eigenvalue weighted by atomic mass is 10.1. The highest BCUT2D eigenvalue weighted by atomic mass is 19.1. The molecule has 1 aromatic carbocycles. The van der Waals surface area contributed by atoms with Gasteiger partial charge in [-0.2, -0.15) is 0 Å². The number of nitrogens with zero attached hydrogens (tertiary/aromatic N) is 3. The summed E-state index contributed by atoms with van der Waals surface area (Å²) in [5.74, 6) is -0.116. The first-order chi connectivity index (χ1) is 13.3. The van der Waals surface area contributed by atoms with E-state index in [4.69, 9.17) is 4.74 Å². The Labute approximate surface area is 163 Å². The SMILES string of the molecule is CC(=O)c1cncc(OC(=O)N2CCN(Cc3cc(C)cc(F)c3)C[C@H]2C)c1. The number of pyridine rings is 1. The molecule has 2 heterocycles. The second-order valence-electron chi connectivity index (χ2n) is 7.25. The van der Waals surface area contributed by atoms with E-state index in [1.807, 2.05) is 19.9 Å². The molecule has 3 rings (SSSR count). The van der Waals surface area contributed by atoms with Crippen molar-refractivity contribution in [3.8, 4) is 5.75 Å². The summed E-state index contributed by atoms with van der Waals surface area (Å²) in [5.41, 5.74) is 2.22. The van der Waals surface area contributed by atoms with Crippen molar-refractivity contribution >= 4 is 11.9 Å². The van der Waals surface area contributed by atoms with Gasteiger partial charge in [-0.3, -0.25) is 14.7 Å². The van der Waals surface area contributed by atoms with E-state index >= 15 is 0 Å². The second kappa shape index (κ2) is 8.48. The summed E-state index contributed by atoms with van der Waals surface area (Å²) in [7, 11) is 0. The van der Waals surface area contributed by atoms with E-state index in [0.29, 0.717) is 31.7 Å². The Morgan fingerprint density at radius 2 is 2.00 bits per heavy atom. The monoisotopic (exact) mass is 385 g/mol. The topological polar surface area (TPSA) is 62.7 Å². The Hall–Kier alpha value is -2.80. The van der Waals surface area contributed by atoms with Crippen LogP contribution in [0.5, 0.6) is 5.75 Å². The number of halogens is 1. The maximum absolute atomic E-state index is 13.6. The van der Waals surface area contributed by atoms with Gasteiger partial charge < -0.3 is 9.64 Å². The first-order valence-electron chi connectivity index (χ1n) is 9.24. The molecule has 148 valence electrons. The fraction of sp³-hybridized carbons (Fsp3) is 0.381. The number of rotatable bonds is 4. The third-order valence-electron chi connectivity index (χ3n) is 4.78. The molecule has 1 atom stereocenters. The van der Waals surface area contributed by atoms with Gasteiger partial charge in [0, 0.05) is 44.0 Å². The van der Waals surface area contributed by atoms with Crippen molar-refractivity contribution in [3.63, 3.8) is 0 Å². The van der Waals surface area contributed by atoms with Gasteiger partial charge in [0.2, 0.25) is 0 Å². The molecule has 1 fully saturated rings. The third-order valence-corrected chi connectivity index (χ3v) is 4.78. The normalized spacial score (nSPS) is 17.4. The van der Waals surface area contributed by atoms with E-state index in [0.717, 1.165) is 11.1 Å². The lowest BCUT2D eigenvalue weighted by molar-refractivity contribution is 0.0751. The van der Waals surface area contributed by atoms with Gasteiger partial charge in [-0.15, -0.1) is 0 Å². The van der Waals surface area contributed by atoms with E-state index in [-0.39, 0.29) is 23.4 Å². The summed E-state index contributed by atoms with van der Waals surface area (Å²) in [4.78, 5) is 31.8. The average Bonchev–Trinajstić information content (AvgIpc) is 2.61. The molecule has 28 heavy (non-hydrogen) atoms. The summed E-state index contributed by atoms with van der Waals surface area (Å²) in [6, 6.07) is 6.49. The number of hydrogen-bond donors (Lipinski definition) is 0. The summed E-state index contributed by atoms with van der Waals surface area (Å²) in [6.45, 7) is 7.74. The van der Waals surface area contributed by atoms with E-state index < -0.39 is 6.09 Å². The van der Waals surface area contributed by atoms with Crippen molar-refractivity contribution in [2.45, 2.75) is 33.4 Å². The first-order valence-corrected chi connectivity index (χ1v) is 9.24. The summed E-state index contributed by atoms with van der Waals surface area (Å²) >= 11 is 0. The van der Waals surface area contributed by atoms with Gasteiger partial charge in [-0.25, -0.2) is 9.18 Å². The van der Waals surface area contributed by atoms with Crippen molar-refractivity contribution in [1.29, 1.82) is 0 Å². The van der Waals surface area contributed by atoms with Crippen LogP contribution in [0.25, 0.3) is 0 Å². The number of piperazine rings is 1. The number of ether oxygens (including phenoxy) is 1. The fourth-order valence-corrected chi connectivity index (χ4v) is 3.44. The van der Waals surface area contributed by atoms with E-state index in [2.05, 4.69) is 9.88 Å². The minimum Gasteiger partial charge on any atom is -0.409 e. The molecular formula is C21H24FN3O3. The molecule has 1 amide bonds. The van der Waals surface area contributed by atoms with Crippen LogP contribution < -0.4 is 4.74 Å². The van der Waals surface area contributed by atoms with Crippen LogP contribution in [0.2, 0.25) is 0 Å². The molecule has 1 saturated heterocycles. The number of amides is 1. The highest BCUT2D eigenvalue weighted by molar-refractivity contribution is 5.94. The molecule has 0 aliphatic carbocycles. The van der Waals surface area contributed by atoms with Gasteiger partial charge in [0.15, 0.2) is 11.5 Å². The zero-order valence-electron chi connectivity index (χ0n) is 16.3. The summed E-state index contributed by atoms with van der Waals surface area (Å²) < 4.78 is 19.0. The van der Waals surface area contributed by atoms with Crippen LogP contribution in [0.15, 0.2) is 36.7 Å². The van der Waals surface area contributed by atoms with E-state index in [9.17, 15) is 14.0 Å². The fourth-order valence-electron chi connectivity index (χ4n) is 3.44. The molecule has 0 bridgehead atoms. The predicted octanol–water partition coefficient (Wildman–Crippen LogP) is 3.44. The Bertz CT molecular complexity index is 867. The summed E-state index contributed by atoms with van der Waals surface area (Å²) in [6.07, 6.45) is 2.39. The van der Waals surface area contributed by atoms with Gasteiger partial charge in [0.25, 0.3) is 0 Å². The Morgan fingerprint density at radius 1 is 1.21 bits per heavy atom. The number of ketones is 1. The van der Waals surface area contributed by atoms with Gasteiger partial charge in [-0.1, -0.05) is 6.07 Å². The highest BCUT2D eigenvalue weighted by Crippen LogP contribution is 2.18. The molecule has 0 unspecified atom stereocenters. The third kappa shape index (κ3) is 4.92. The molecule has 6 nitrogen and oxygen atoms in total. The molecule has 2 aromatic rings. The predicted molar refractivity (Wildman–Crippen MR) is 103 cm³/mol. The Balaban J connectivity index is 1.59. The van der Waals surface area contributed by atoms with Crippen molar-refractivity contribution in [3.05, 3.63) is 59.2 Å². The van der Waals surface area contributed by atoms with Crippen LogP contribution in [0.4, 0.5) is 9.18 Å². The van der Waals surface area contributed by atoms with Crippen LogP contribution in [-0.2, 0) is 6.54 Å². The van der Waals surface area contributed by atoms with Crippen LogP contribution in [0, 0.1) is 12.7 Å². The molecule has 7 heteroatoms. The minimum absolute atomic E-state index is 0.0557. The minimum atomic E-state index is -0.462. The molecule has 1 aliphatic heterocycles. The van der Waals surface area contributed by atoms with Gasteiger partial charge in [-0.05, 0) is 50.1 Å². The molecule has 0 saturated carbocycles. The molecule has 0 N–H and O–H groups in total. The number of benzene rings is 1. The largest absolute Gasteiger partial charge is 0.415 e. The second-order valence-corrected chi connectivity index (χ2v) is 7.25. The quantitative estimate of drug-likeness (QED) is 0.755. The molecule has 1 aliphatic rings. The number of hydrogen-bond acceptors (Lipinski definition) is 5. The van der Waals surface area contributed by atoms with Crippen molar-refractivity contribution < 1.29 is 18.7 Å². The lowest BCUT2D eigenvalue weighted by Gasteiger charge is -2.39. The average molecular weight is 385 g/mol. The van der Waals surface area contributed by atoms with Gasteiger partial charge in [0.1, 0.15) is 5.82 Å². The van der Waals surface area contributed by atoms with Crippen molar-refractivity contribution in [2.24, 2.45) is 0 Å². The standard InChI is InChI=1S/C21H24FN3O3/c1-14-6-17(8-19(22)7-14)13-24-4-5-25(15(2)12-24)21(27)28-20-9-18(16(3)26)10-23-11-20/h6-11,15H,4-5,12-13H2,1-3H3/t15-/m1/s1. The van der Waals surface area contributed by atoms with Crippen molar-refractivity contribution in [1.82, 2.24) is 14.8 Å². The van der Waals surface area contributed by atoms with Gasteiger partial charge in [0.05, 0.1) is 6.20 Å². The molecule has 0 radical (unpaired) electrons. The zero-order valence-corrected chi connectivity index (χ0v) is 16.3. The Kier molecular flexibility index (Phi) is 6.04. The number of aryl methyl sites for hydroxylation is 1.